The van der Waals surface area contributed by atoms with Crippen molar-refractivity contribution >= 4 is 26.5 Å². The molecule has 1 aliphatic rings. The number of aromatic nitrogens is 2. The largest absolute Gasteiger partial charge is 0.353 e. The number of hydrogen-bond donors (Lipinski definition) is 1. The minimum Gasteiger partial charge on any atom is -0.353 e. The summed E-state index contributed by atoms with van der Waals surface area (Å²) >= 11 is 1.28. The standard InChI is InChI=1S/C9H13N3O2S2/c1-2-3-8-11-9(15-12-8)10-7-4-5-16(13,14)6-7/h4-5,7H,2-3,6H2,1H3,(H,10,11,12). The number of anilines is 1. The van der Waals surface area contributed by atoms with Gasteiger partial charge in [0, 0.05) is 23.4 Å². The van der Waals surface area contributed by atoms with Crippen LogP contribution in [-0.4, -0.2) is 29.6 Å². The molecule has 2 heterocycles. The van der Waals surface area contributed by atoms with Gasteiger partial charge in [0.15, 0.2) is 9.84 Å². The molecule has 5 nitrogen and oxygen atoms in total. The number of sulfone groups is 1. The second-order valence-electron chi connectivity index (χ2n) is 3.67. The first-order valence-electron chi connectivity index (χ1n) is 5.09. The molecule has 0 amide bonds. The monoisotopic (exact) mass is 259 g/mol. The molecule has 0 saturated carbocycles. The normalized spacial score (nSPS) is 22.4. The minimum atomic E-state index is -3.01. The molecule has 1 atom stereocenters. The Bertz CT molecular complexity index is 493. The third-order valence-electron chi connectivity index (χ3n) is 2.18. The maximum atomic E-state index is 11.2. The van der Waals surface area contributed by atoms with Crippen LogP contribution in [0.15, 0.2) is 11.5 Å². The highest BCUT2D eigenvalue weighted by atomic mass is 32.2. The number of hydrogen-bond acceptors (Lipinski definition) is 6. The fourth-order valence-electron chi connectivity index (χ4n) is 1.46. The smallest absolute Gasteiger partial charge is 0.203 e. The third-order valence-corrected chi connectivity index (χ3v) is 4.26. The van der Waals surface area contributed by atoms with Gasteiger partial charge in [-0.25, -0.2) is 13.4 Å². The maximum absolute atomic E-state index is 11.2. The van der Waals surface area contributed by atoms with Crippen molar-refractivity contribution in [1.29, 1.82) is 0 Å². The lowest BCUT2D eigenvalue weighted by Gasteiger charge is -2.06. The summed E-state index contributed by atoms with van der Waals surface area (Å²) in [6.07, 6.45) is 3.51. The number of nitrogens with one attached hydrogen (secondary N) is 1. The molecule has 0 saturated heterocycles. The van der Waals surface area contributed by atoms with E-state index < -0.39 is 9.84 Å². The van der Waals surface area contributed by atoms with E-state index in [1.807, 2.05) is 0 Å². The van der Waals surface area contributed by atoms with Gasteiger partial charge in [-0.15, -0.1) is 0 Å². The van der Waals surface area contributed by atoms with Gasteiger partial charge in [0.05, 0.1) is 11.8 Å². The van der Waals surface area contributed by atoms with Gasteiger partial charge in [-0.3, -0.25) is 0 Å². The fraction of sp³-hybridized carbons (Fsp3) is 0.556. The first kappa shape index (κ1) is 11.5. The van der Waals surface area contributed by atoms with E-state index in [4.69, 9.17) is 0 Å². The second-order valence-corrected chi connectivity index (χ2v) is 6.36. The van der Waals surface area contributed by atoms with E-state index in [0.717, 1.165) is 18.7 Å². The average Bonchev–Trinajstić information content (AvgIpc) is 2.75. The van der Waals surface area contributed by atoms with E-state index in [1.54, 1.807) is 6.08 Å². The lowest BCUT2D eigenvalue weighted by Crippen LogP contribution is -2.20. The van der Waals surface area contributed by atoms with E-state index in [9.17, 15) is 8.42 Å². The van der Waals surface area contributed by atoms with E-state index in [2.05, 4.69) is 21.6 Å². The van der Waals surface area contributed by atoms with Crippen LogP contribution < -0.4 is 5.32 Å². The van der Waals surface area contributed by atoms with Crippen LogP contribution in [0.1, 0.15) is 19.2 Å². The van der Waals surface area contributed by atoms with Gasteiger partial charge in [0.1, 0.15) is 5.82 Å². The van der Waals surface area contributed by atoms with Crippen LogP contribution in [-0.2, 0) is 16.3 Å². The quantitative estimate of drug-likeness (QED) is 0.880. The molecule has 1 aromatic rings. The molecule has 2 rings (SSSR count). The molecular weight excluding hydrogens is 246 g/mol. The summed E-state index contributed by atoms with van der Waals surface area (Å²) in [7, 11) is -3.01. The Labute approximate surface area is 98.7 Å². The minimum absolute atomic E-state index is 0.107. The first-order chi connectivity index (χ1) is 7.59. The van der Waals surface area contributed by atoms with Crippen molar-refractivity contribution in [3.05, 3.63) is 17.3 Å². The van der Waals surface area contributed by atoms with Crippen LogP contribution in [0.5, 0.6) is 0 Å². The summed E-state index contributed by atoms with van der Waals surface area (Å²) in [5, 5.41) is 4.99. The van der Waals surface area contributed by atoms with Crippen LogP contribution in [0.2, 0.25) is 0 Å². The highest BCUT2D eigenvalue weighted by Gasteiger charge is 2.22. The second kappa shape index (κ2) is 4.50. The Kier molecular flexibility index (Phi) is 3.25. The molecule has 7 heteroatoms. The van der Waals surface area contributed by atoms with E-state index in [-0.39, 0.29) is 11.8 Å². The molecular formula is C9H13N3O2S2. The van der Waals surface area contributed by atoms with E-state index >= 15 is 0 Å². The van der Waals surface area contributed by atoms with Gasteiger partial charge >= 0.3 is 0 Å². The van der Waals surface area contributed by atoms with Crippen LogP contribution in [0.4, 0.5) is 5.13 Å². The third kappa shape index (κ3) is 2.79. The van der Waals surface area contributed by atoms with E-state index in [1.165, 1.54) is 16.9 Å². The van der Waals surface area contributed by atoms with Crippen LogP contribution >= 0.6 is 11.5 Å². The van der Waals surface area contributed by atoms with Crippen LogP contribution in [0.3, 0.4) is 0 Å². The predicted molar refractivity (Wildman–Crippen MR) is 64.2 cm³/mol. The molecule has 0 bridgehead atoms. The summed E-state index contributed by atoms with van der Waals surface area (Å²) in [6.45, 7) is 2.07. The fourth-order valence-corrected chi connectivity index (χ4v) is 3.37. The lowest BCUT2D eigenvalue weighted by atomic mass is 10.3. The van der Waals surface area contributed by atoms with Gasteiger partial charge in [0.25, 0.3) is 0 Å². The van der Waals surface area contributed by atoms with Gasteiger partial charge < -0.3 is 5.32 Å². The van der Waals surface area contributed by atoms with Crippen LogP contribution in [0, 0.1) is 0 Å². The Morgan fingerprint density at radius 1 is 1.62 bits per heavy atom. The number of nitrogens with zero attached hydrogens (tertiary/aromatic N) is 2. The lowest BCUT2D eigenvalue weighted by molar-refractivity contribution is 0.605. The highest BCUT2D eigenvalue weighted by molar-refractivity contribution is 7.94. The Morgan fingerprint density at radius 3 is 3.06 bits per heavy atom. The Hall–Kier alpha value is -0.950. The van der Waals surface area contributed by atoms with Crippen molar-refractivity contribution in [1.82, 2.24) is 9.36 Å². The molecule has 1 aromatic heterocycles. The van der Waals surface area contributed by atoms with Gasteiger partial charge in [0.2, 0.25) is 5.13 Å². The van der Waals surface area contributed by atoms with Crippen molar-refractivity contribution < 1.29 is 8.42 Å². The SMILES string of the molecule is CCCc1nsc(NC2C=CS(=O)(=O)C2)n1. The summed E-state index contributed by atoms with van der Waals surface area (Å²) in [6, 6.07) is -0.174. The van der Waals surface area contributed by atoms with Crippen molar-refractivity contribution in [3.8, 4) is 0 Å². The molecule has 0 aromatic carbocycles. The van der Waals surface area contributed by atoms with Crippen molar-refractivity contribution in [2.45, 2.75) is 25.8 Å². The maximum Gasteiger partial charge on any atom is 0.203 e. The molecule has 1 unspecified atom stereocenters. The van der Waals surface area contributed by atoms with Crippen LogP contribution in [0.25, 0.3) is 0 Å². The van der Waals surface area contributed by atoms with E-state index in [0.29, 0.717) is 5.13 Å². The molecule has 0 radical (unpaired) electrons. The zero-order chi connectivity index (χ0) is 11.6. The molecule has 1 N–H and O–H groups in total. The Balaban J connectivity index is 1.97. The van der Waals surface area contributed by atoms with Crippen molar-refractivity contribution in [2.24, 2.45) is 0 Å². The zero-order valence-electron chi connectivity index (χ0n) is 8.88. The summed E-state index contributed by atoms with van der Waals surface area (Å²) < 4.78 is 26.5. The van der Waals surface area contributed by atoms with Gasteiger partial charge in [-0.1, -0.05) is 6.92 Å². The van der Waals surface area contributed by atoms with Crippen molar-refractivity contribution in [2.75, 3.05) is 11.1 Å². The molecule has 0 spiro atoms. The Morgan fingerprint density at radius 2 is 2.44 bits per heavy atom. The van der Waals surface area contributed by atoms with Gasteiger partial charge in [-0.05, 0) is 12.5 Å². The highest BCUT2D eigenvalue weighted by Crippen LogP contribution is 2.17. The molecule has 0 aliphatic carbocycles. The summed E-state index contributed by atoms with van der Waals surface area (Å²) in [4.78, 5) is 4.28. The summed E-state index contributed by atoms with van der Waals surface area (Å²) in [5.41, 5.74) is 0. The predicted octanol–water partition coefficient (Wildman–Crippen LogP) is 1.21. The zero-order valence-corrected chi connectivity index (χ0v) is 10.5. The van der Waals surface area contributed by atoms with Gasteiger partial charge in [-0.2, -0.15) is 4.37 Å². The topological polar surface area (TPSA) is 72.0 Å². The average molecular weight is 259 g/mol. The number of aryl methyl sites for hydroxylation is 1. The molecule has 1 aliphatic heterocycles. The van der Waals surface area contributed by atoms with Crippen molar-refractivity contribution in [3.63, 3.8) is 0 Å². The summed E-state index contributed by atoms with van der Waals surface area (Å²) in [5.74, 6) is 0.926. The number of rotatable bonds is 4. The molecule has 16 heavy (non-hydrogen) atoms. The molecule has 88 valence electrons. The molecule has 0 fully saturated rings. The first-order valence-corrected chi connectivity index (χ1v) is 7.58.